The van der Waals surface area contributed by atoms with E-state index in [2.05, 4.69) is 20.0 Å². The molecule has 0 aliphatic rings. The van der Waals surface area contributed by atoms with Crippen molar-refractivity contribution < 1.29 is 27.6 Å². The highest BCUT2D eigenvalue weighted by Gasteiger charge is 2.38. The van der Waals surface area contributed by atoms with Gasteiger partial charge in [0.25, 0.3) is 5.91 Å². The van der Waals surface area contributed by atoms with Crippen molar-refractivity contribution in [2.24, 2.45) is 0 Å². The summed E-state index contributed by atoms with van der Waals surface area (Å²) >= 11 is 0. The summed E-state index contributed by atoms with van der Waals surface area (Å²) in [4.78, 5) is 15.3. The topological polar surface area (TPSA) is 88.3 Å². The Kier molecular flexibility index (Phi) is 4.61. The summed E-state index contributed by atoms with van der Waals surface area (Å²) in [5.74, 6) is -1.96. The van der Waals surface area contributed by atoms with Crippen LogP contribution >= 0.6 is 0 Å². The van der Waals surface area contributed by atoms with Gasteiger partial charge in [-0.15, -0.1) is 0 Å². The number of nitrogens with one attached hydrogen (secondary N) is 1. The van der Waals surface area contributed by atoms with Crippen molar-refractivity contribution in [2.45, 2.75) is 12.7 Å². The Balaban J connectivity index is 1.64. The first-order chi connectivity index (χ1) is 12.3. The van der Waals surface area contributed by atoms with Gasteiger partial charge in [-0.1, -0.05) is 35.5 Å². The van der Waals surface area contributed by atoms with Gasteiger partial charge >= 0.3 is 12.1 Å². The second-order valence-electron chi connectivity index (χ2n) is 5.35. The fraction of sp³-hybridized carbons (Fsp3) is 0.118. The van der Waals surface area contributed by atoms with Crippen LogP contribution in [-0.4, -0.2) is 21.2 Å². The minimum Gasteiger partial charge on any atom is -0.508 e. The molecule has 3 rings (SSSR count). The van der Waals surface area contributed by atoms with Crippen molar-refractivity contribution in [3.05, 3.63) is 65.5 Å². The number of hydrogen-bond donors (Lipinski definition) is 2. The molecule has 2 aromatic carbocycles. The SMILES string of the molecule is O=C(NCc1ccc(-c2noc(C(F)(F)F)n2)cc1)c1cccc(O)c1. The smallest absolute Gasteiger partial charge is 0.471 e. The third-order valence-corrected chi connectivity index (χ3v) is 3.44. The normalized spacial score (nSPS) is 11.3. The van der Waals surface area contributed by atoms with Crippen molar-refractivity contribution in [1.82, 2.24) is 15.5 Å². The molecule has 0 spiro atoms. The number of halogens is 3. The van der Waals surface area contributed by atoms with Crippen molar-refractivity contribution in [2.75, 3.05) is 0 Å². The van der Waals surface area contributed by atoms with E-state index in [0.717, 1.165) is 5.56 Å². The van der Waals surface area contributed by atoms with Crippen molar-refractivity contribution in [1.29, 1.82) is 0 Å². The summed E-state index contributed by atoms with van der Waals surface area (Å²) in [6.45, 7) is 0.203. The zero-order valence-electron chi connectivity index (χ0n) is 13.1. The average Bonchev–Trinajstić information content (AvgIpc) is 3.10. The number of phenols is 1. The summed E-state index contributed by atoms with van der Waals surface area (Å²) in [6.07, 6.45) is -4.69. The molecule has 6 nitrogen and oxygen atoms in total. The van der Waals surface area contributed by atoms with Crippen molar-refractivity contribution in [3.63, 3.8) is 0 Å². The molecule has 0 unspecified atom stereocenters. The number of rotatable bonds is 4. The van der Waals surface area contributed by atoms with Gasteiger partial charge in [-0.25, -0.2) is 0 Å². The highest BCUT2D eigenvalue weighted by molar-refractivity contribution is 5.94. The summed E-state index contributed by atoms with van der Waals surface area (Å²) < 4.78 is 41.6. The van der Waals surface area contributed by atoms with E-state index in [4.69, 9.17) is 0 Å². The Morgan fingerprint density at radius 3 is 2.50 bits per heavy atom. The van der Waals surface area contributed by atoms with Gasteiger partial charge < -0.3 is 14.9 Å². The van der Waals surface area contributed by atoms with Crippen molar-refractivity contribution in [3.8, 4) is 17.1 Å². The molecule has 3 aromatic rings. The van der Waals surface area contributed by atoms with Crippen molar-refractivity contribution >= 4 is 5.91 Å². The van der Waals surface area contributed by atoms with E-state index < -0.39 is 12.1 Å². The van der Waals surface area contributed by atoms with Crippen LogP contribution in [0.15, 0.2) is 53.1 Å². The van der Waals surface area contributed by atoms with E-state index in [1.54, 1.807) is 24.3 Å². The summed E-state index contributed by atoms with van der Waals surface area (Å²) in [5.41, 5.74) is 1.39. The summed E-state index contributed by atoms with van der Waals surface area (Å²) in [7, 11) is 0. The Morgan fingerprint density at radius 1 is 1.15 bits per heavy atom. The first kappa shape index (κ1) is 17.5. The fourth-order valence-electron chi connectivity index (χ4n) is 2.16. The van der Waals surface area contributed by atoms with Crippen LogP contribution in [0.5, 0.6) is 5.75 Å². The van der Waals surface area contributed by atoms with Crippen LogP contribution in [0.25, 0.3) is 11.4 Å². The lowest BCUT2D eigenvalue weighted by Gasteiger charge is -2.06. The summed E-state index contributed by atoms with van der Waals surface area (Å²) in [6, 6.07) is 12.2. The predicted octanol–water partition coefficient (Wildman–Crippen LogP) is 3.39. The first-order valence-corrected chi connectivity index (χ1v) is 7.40. The third-order valence-electron chi connectivity index (χ3n) is 3.44. The van der Waals surface area contributed by atoms with Crippen LogP contribution in [0.1, 0.15) is 21.8 Å². The van der Waals surface area contributed by atoms with Crippen LogP contribution in [0.4, 0.5) is 13.2 Å². The molecule has 0 aliphatic heterocycles. The maximum absolute atomic E-state index is 12.5. The van der Waals surface area contributed by atoms with Gasteiger partial charge in [0, 0.05) is 17.7 Å². The van der Waals surface area contributed by atoms with E-state index in [9.17, 15) is 23.1 Å². The minimum atomic E-state index is -4.69. The molecule has 9 heteroatoms. The number of amides is 1. The molecule has 2 N–H and O–H groups in total. The van der Waals surface area contributed by atoms with Crippen LogP contribution in [-0.2, 0) is 12.7 Å². The summed E-state index contributed by atoms with van der Waals surface area (Å²) in [5, 5.41) is 15.4. The van der Waals surface area contributed by atoms with Crippen LogP contribution < -0.4 is 5.32 Å². The second kappa shape index (κ2) is 6.87. The lowest BCUT2D eigenvalue weighted by molar-refractivity contribution is -0.159. The molecule has 0 aliphatic carbocycles. The highest BCUT2D eigenvalue weighted by atomic mass is 19.4. The predicted molar refractivity (Wildman–Crippen MR) is 84.0 cm³/mol. The van der Waals surface area contributed by atoms with Crippen LogP contribution in [0.3, 0.4) is 0 Å². The molecule has 1 heterocycles. The molecule has 134 valence electrons. The minimum absolute atomic E-state index is 0.0136. The molecule has 0 atom stereocenters. The quantitative estimate of drug-likeness (QED) is 0.742. The maximum atomic E-state index is 12.5. The molecule has 0 radical (unpaired) electrons. The van der Waals surface area contributed by atoms with Crippen LogP contribution in [0, 0.1) is 0 Å². The Morgan fingerprint density at radius 2 is 1.88 bits per heavy atom. The zero-order chi connectivity index (χ0) is 18.7. The lowest BCUT2D eigenvalue weighted by Crippen LogP contribution is -2.22. The number of phenolic OH excluding ortho intramolecular Hbond substituents is 1. The Bertz CT molecular complexity index is 921. The number of carbonyl (C=O) groups is 1. The lowest BCUT2D eigenvalue weighted by atomic mass is 10.1. The molecular weight excluding hydrogens is 351 g/mol. The number of alkyl halides is 3. The number of nitrogens with zero attached hydrogens (tertiary/aromatic N) is 2. The molecule has 1 amide bonds. The molecule has 26 heavy (non-hydrogen) atoms. The van der Waals surface area contributed by atoms with Gasteiger partial charge in [0.05, 0.1) is 0 Å². The molecular formula is C17H12F3N3O3. The zero-order valence-corrected chi connectivity index (χ0v) is 13.1. The van der Waals surface area contributed by atoms with E-state index in [1.807, 2.05) is 0 Å². The van der Waals surface area contributed by atoms with Gasteiger partial charge in [-0.2, -0.15) is 18.2 Å². The Hall–Kier alpha value is -3.36. The monoisotopic (exact) mass is 363 g/mol. The van der Waals surface area contributed by atoms with E-state index >= 15 is 0 Å². The number of hydrogen-bond acceptors (Lipinski definition) is 5. The largest absolute Gasteiger partial charge is 0.508 e. The van der Waals surface area contributed by atoms with E-state index in [-0.39, 0.29) is 24.0 Å². The third kappa shape index (κ3) is 4.00. The van der Waals surface area contributed by atoms with Gasteiger partial charge in [0.1, 0.15) is 5.75 Å². The van der Waals surface area contributed by atoms with E-state index in [1.165, 1.54) is 24.3 Å². The van der Waals surface area contributed by atoms with Gasteiger partial charge in [-0.05, 0) is 23.8 Å². The second-order valence-corrected chi connectivity index (χ2v) is 5.35. The first-order valence-electron chi connectivity index (χ1n) is 7.40. The highest BCUT2D eigenvalue weighted by Crippen LogP contribution is 2.29. The fourth-order valence-corrected chi connectivity index (χ4v) is 2.16. The molecule has 0 fully saturated rings. The molecule has 1 aromatic heterocycles. The van der Waals surface area contributed by atoms with Gasteiger partial charge in [0.2, 0.25) is 5.82 Å². The molecule has 0 bridgehead atoms. The van der Waals surface area contributed by atoms with Crippen LogP contribution in [0.2, 0.25) is 0 Å². The molecule has 0 saturated carbocycles. The van der Waals surface area contributed by atoms with Gasteiger partial charge in [-0.3, -0.25) is 4.79 Å². The maximum Gasteiger partial charge on any atom is 0.471 e. The van der Waals surface area contributed by atoms with Gasteiger partial charge in [0.15, 0.2) is 0 Å². The Labute approximate surface area is 145 Å². The number of carbonyl (C=O) groups excluding carboxylic acids is 1. The number of aromatic hydroxyl groups is 1. The number of aromatic nitrogens is 2. The number of benzene rings is 2. The molecule has 0 saturated heterocycles. The average molecular weight is 363 g/mol. The van der Waals surface area contributed by atoms with E-state index in [0.29, 0.717) is 11.1 Å². The standard InChI is InChI=1S/C17H12F3N3O3/c18-17(19,20)16-22-14(23-26-16)11-6-4-10(5-7-11)9-21-15(25)12-2-1-3-13(24)8-12/h1-8,24H,9H2,(H,21,25).